The van der Waals surface area contributed by atoms with Gasteiger partial charge in [-0.2, -0.15) is 0 Å². The van der Waals surface area contributed by atoms with Crippen LogP contribution in [0, 0.1) is 0 Å². The number of carbonyl (C=O) groups is 3. The van der Waals surface area contributed by atoms with Crippen LogP contribution in [0.3, 0.4) is 0 Å². The van der Waals surface area contributed by atoms with Crippen molar-refractivity contribution in [2.75, 3.05) is 13.2 Å². The molecule has 12 nitrogen and oxygen atoms in total. The molecule has 0 spiro atoms. The third-order valence-corrected chi connectivity index (χ3v) is 8.71. The first-order chi connectivity index (χ1) is 23.6. The Morgan fingerprint density at radius 3 is 1.86 bits per heavy atom. The maximum atomic E-state index is 14.0. The van der Waals surface area contributed by atoms with E-state index in [0.717, 1.165) is 11.0 Å². The van der Waals surface area contributed by atoms with Crippen molar-refractivity contribution in [2.24, 2.45) is 7.05 Å². The summed E-state index contributed by atoms with van der Waals surface area (Å²) in [6.07, 6.45) is -3.73. The number of rotatable bonds is 10. The van der Waals surface area contributed by atoms with E-state index in [4.69, 9.17) is 23.7 Å². The molecule has 2 fully saturated rings. The molecule has 0 radical (unpaired) electrons. The Morgan fingerprint density at radius 2 is 1.33 bits per heavy atom. The molecule has 2 aliphatic heterocycles. The van der Waals surface area contributed by atoms with Crippen molar-refractivity contribution in [3.8, 4) is 0 Å². The number of nitrogens with zero attached hydrogens (tertiary/aromatic N) is 2. The predicted molar refractivity (Wildman–Crippen MR) is 175 cm³/mol. The Kier molecular flexibility index (Phi) is 9.88. The molecule has 0 saturated carbocycles. The molecule has 49 heavy (non-hydrogen) atoms. The summed E-state index contributed by atoms with van der Waals surface area (Å²) in [7, 11) is 1.32. The molecule has 6 rings (SSSR count). The van der Waals surface area contributed by atoms with E-state index in [9.17, 15) is 24.0 Å². The zero-order valence-electron chi connectivity index (χ0n) is 27.1. The molecule has 2 saturated heterocycles. The molecule has 3 aromatic carbocycles. The number of carbonyl (C=O) groups excluding carboxylic acids is 3. The van der Waals surface area contributed by atoms with Gasteiger partial charge in [-0.1, -0.05) is 54.6 Å². The minimum absolute atomic E-state index is 0.166. The second-order valence-corrected chi connectivity index (χ2v) is 12.3. The normalized spacial score (nSPS) is 23.1. The van der Waals surface area contributed by atoms with Crippen LogP contribution in [0.5, 0.6) is 0 Å². The fourth-order valence-corrected chi connectivity index (χ4v) is 6.12. The van der Waals surface area contributed by atoms with E-state index in [1.54, 1.807) is 91.0 Å². The summed E-state index contributed by atoms with van der Waals surface area (Å²) < 4.78 is 32.2. The molecule has 2 aliphatic rings. The van der Waals surface area contributed by atoms with Crippen LogP contribution in [0.25, 0.3) is 0 Å². The first-order valence-corrected chi connectivity index (χ1v) is 16.0. The van der Waals surface area contributed by atoms with Gasteiger partial charge in [0, 0.05) is 31.8 Å². The van der Waals surface area contributed by atoms with Crippen molar-refractivity contribution < 1.29 is 38.1 Å². The lowest BCUT2D eigenvalue weighted by Crippen LogP contribution is -2.47. The van der Waals surface area contributed by atoms with Crippen LogP contribution in [-0.2, 0) is 37.2 Å². The molecule has 0 aliphatic carbocycles. The summed E-state index contributed by atoms with van der Waals surface area (Å²) >= 11 is 0. The van der Waals surface area contributed by atoms with Crippen LogP contribution in [0.15, 0.2) is 107 Å². The molecule has 1 unspecified atom stereocenters. The van der Waals surface area contributed by atoms with E-state index in [-0.39, 0.29) is 28.8 Å². The quantitative estimate of drug-likeness (QED) is 0.181. The Morgan fingerprint density at radius 1 is 0.796 bits per heavy atom. The Labute approximate surface area is 281 Å². The van der Waals surface area contributed by atoms with Crippen LogP contribution in [0.1, 0.15) is 62.8 Å². The zero-order valence-corrected chi connectivity index (χ0v) is 27.1. The van der Waals surface area contributed by atoms with Crippen molar-refractivity contribution in [1.82, 2.24) is 9.13 Å². The summed E-state index contributed by atoms with van der Waals surface area (Å²) in [5, 5.41) is 0. The largest absolute Gasteiger partial charge is 0.459 e. The lowest BCUT2D eigenvalue weighted by molar-refractivity contribution is -0.0670. The van der Waals surface area contributed by atoms with Gasteiger partial charge in [-0.05, 0) is 56.2 Å². The van der Waals surface area contributed by atoms with Gasteiger partial charge < -0.3 is 23.7 Å². The number of benzene rings is 3. The SMILES string of the molecule is Cn1c(=O)cc(CC2(C)CCCO2)n([C@@H]2O[C@H](COC(=O)c3ccccc3)[C@@H](OC(=O)c3ccccc3)[C@H]2OC(=O)c2ccccc2)c1=O. The third kappa shape index (κ3) is 7.40. The van der Waals surface area contributed by atoms with Gasteiger partial charge in [0.2, 0.25) is 0 Å². The van der Waals surface area contributed by atoms with E-state index >= 15 is 0 Å². The second-order valence-electron chi connectivity index (χ2n) is 12.3. The maximum absolute atomic E-state index is 14.0. The molecular formula is C37H36N2O10. The van der Waals surface area contributed by atoms with Gasteiger partial charge in [0.05, 0.1) is 22.3 Å². The van der Waals surface area contributed by atoms with Crippen LogP contribution in [0.2, 0.25) is 0 Å². The number of ether oxygens (including phenoxy) is 5. The standard InChI is InChI=1S/C37H36N2O10/c1-37(19-12-20-46-37)22-27-21-29(40)38(2)36(44)39(27)32-31(49-35(43)26-17-10-5-11-18-26)30(48-34(42)25-15-8-4-9-16-25)28(47-32)23-45-33(41)24-13-6-3-7-14-24/h3-11,13-18,21,28,30-32H,12,19-20,22-23H2,1-2H3/t28-,30-,31-,32-,37?/m1/s1. The monoisotopic (exact) mass is 668 g/mol. The van der Waals surface area contributed by atoms with Crippen molar-refractivity contribution in [2.45, 2.75) is 56.3 Å². The van der Waals surface area contributed by atoms with E-state index in [0.29, 0.717) is 13.0 Å². The molecule has 12 heteroatoms. The van der Waals surface area contributed by atoms with E-state index in [2.05, 4.69) is 0 Å². The number of hydrogen-bond donors (Lipinski definition) is 0. The van der Waals surface area contributed by atoms with Crippen LogP contribution in [-0.4, -0.2) is 64.2 Å². The fourth-order valence-electron chi connectivity index (χ4n) is 6.12. The number of hydrogen-bond acceptors (Lipinski definition) is 10. The third-order valence-electron chi connectivity index (χ3n) is 8.71. The Balaban J connectivity index is 1.43. The molecule has 0 N–H and O–H groups in total. The van der Waals surface area contributed by atoms with Gasteiger partial charge >= 0.3 is 23.6 Å². The lowest BCUT2D eigenvalue weighted by atomic mass is 9.96. The molecule has 254 valence electrons. The minimum Gasteiger partial charge on any atom is -0.459 e. The second kappa shape index (κ2) is 14.4. The lowest BCUT2D eigenvalue weighted by Gasteiger charge is -2.29. The molecule has 0 bridgehead atoms. The van der Waals surface area contributed by atoms with Crippen molar-refractivity contribution in [3.05, 3.63) is 140 Å². The van der Waals surface area contributed by atoms with Crippen LogP contribution < -0.4 is 11.2 Å². The molecule has 4 aromatic rings. The average Bonchev–Trinajstić information content (AvgIpc) is 3.69. The smallest absolute Gasteiger partial charge is 0.338 e. The molecular weight excluding hydrogens is 632 g/mol. The summed E-state index contributed by atoms with van der Waals surface area (Å²) in [6, 6.07) is 26.0. The van der Waals surface area contributed by atoms with Gasteiger partial charge in [-0.25, -0.2) is 19.2 Å². The predicted octanol–water partition coefficient (Wildman–Crippen LogP) is 3.86. The first-order valence-electron chi connectivity index (χ1n) is 16.0. The van der Waals surface area contributed by atoms with E-state index < -0.39 is 65.9 Å². The van der Waals surface area contributed by atoms with E-state index in [1.807, 2.05) is 6.92 Å². The maximum Gasteiger partial charge on any atom is 0.338 e. The van der Waals surface area contributed by atoms with Crippen molar-refractivity contribution >= 4 is 17.9 Å². The number of aromatic nitrogens is 2. The molecule has 1 aromatic heterocycles. The summed E-state index contributed by atoms with van der Waals surface area (Å²) in [5.41, 5.74) is -1.00. The summed E-state index contributed by atoms with van der Waals surface area (Å²) in [5.74, 6) is -2.19. The molecule has 3 heterocycles. The average molecular weight is 669 g/mol. The first kappa shape index (κ1) is 33.6. The highest BCUT2D eigenvalue weighted by Crippen LogP contribution is 2.37. The summed E-state index contributed by atoms with van der Waals surface area (Å²) in [6.45, 7) is 1.99. The Hall–Kier alpha value is -5.33. The highest BCUT2D eigenvalue weighted by Gasteiger charge is 2.52. The number of esters is 3. The van der Waals surface area contributed by atoms with Crippen molar-refractivity contribution in [3.63, 3.8) is 0 Å². The van der Waals surface area contributed by atoms with Gasteiger partial charge in [-0.15, -0.1) is 0 Å². The summed E-state index contributed by atoms with van der Waals surface area (Å²) in [4.78, 5) is 67.0. The van der Waals surface area contributed by atoms with Gasteiger partial charge in [0.1, 0.15) is 12.7 Å². The molecule has 5 atom stereocenters. The Bertz CT molecular complexity index is 1920. The van der Waals surface area contributed by atoms with Crippen LogP contribution >= 0.6 is 0 Å². The fraction of sp³-hybridized carbons (Fsp3) is 0.324. The van der Waals surface area contributed by atoms with E-state index in [1.165, 1.54) is 17.7 Å². The molecule has 0 amide bonds. The zero-order chi connectivity index (χ0) is 34.5. The highest BCUT2D eigenvalue weighted by atomic mass is 16.7. The van der Waals surface area contributed by atoms with Crippen molar-refractivity contribution in [1.29, 1.82) is 0 Å². The minimum atomic E-state index is -1.42. The van der Waals surface area contributed by atoms with Gasteiger partial charge in [0.15, 0.2) is 18.4 Å². The van der Waals surface area contributed by atoms with Crippen LogP contribution in [0.4, 0.5) is 0 Å². The van der Waals surface area contributed by atoms with Gasteiger partial charge in [-0.3, -0.25) is 13.9 Å². The highest BCUT2D eigenvalue weighted by molar-refractivity contribution is 5.91. The van der Waals surface area contributed by atoms with Gasteiger partial charge in [0.25, 0.3) is 5.56 Å². The topological polar surface area (TPSA) is 141 Å².